The second-order valence-electron chi connectivity index (χ2n) is 5.76. The standard InChI is InChI=1S/C15H30/c1-14(2)15-12-10-8-6-4-3-5-7-9-11-13-15/h14-15H,3-13H2,1-2H3. The Hall–Kier alpha value is 0. The van der Waals surface area contributed by atoms with E-state index in [9.17, 15) is 0 Å². The van der Waals surface area contributed by atoms with Crippen molar-refractivity contribution in [2.45, 2.75) is 84.5 Å². The molecular formula is C15H30. The maximum absolute atomic E-state index is 2.41. The molecule has 0 aliphatic heterocycles. The topological polar surface area (TPSA) is 0 Å². The van der Waals surface area contributed by atoms with E-state index < -0.39 is 0 Å². The van der Waals surface area contributed by atoms with Crippen molar-refractivity contribution >= 4 is 0 Å². The van der Waals surface area contributed by atoms with Crippen LogP contribution < -0.4 is 0 Å². The van der Waals surface area contributed by atoms with Crippen molar-refractivity contribution in [2.75, 3.05) is 0 Å². The Morgan fingerprint density at radius 1 is 0.600 bits per heavy atom. The monoisotopic (exact) mass is 210 g/mol. The molecule has 90 valence electrons. The molecule has 15 heavy (non-hydrogen) atoms. The average Bonchev–Trinajstić information content (AvgIpc) is 2.18. The molecule has 0 aromatic heterocycles. The number of hydrogen-bond acceptors (Lipinski definition) is 0. The fourth-order valence-electron chi connectivity index (χ4n) is 2.86. The van der Waals surface area contributed by atoms with Crippen LogP contribution in [0.4, 0.5) is 0 Å². The van der Waals surface area contributed by atoms with Crippen molar-refractivity contribution in [2.24, 2.45) is 11.8 Å². The minimum absolute atomic E-state index is 0.910. The summed E-state index contributed by atoms with van der Waals surface area (Å²) in [6, 6.07) is 0. The molecule has 1 aliphatic carbocycles. The summed E-state index contributed by atoms with van der Waals surface area (Å²) in [5, 5.41) is 0. The van der Waals surface area contributed by atoms with Gasteiger partial charge in [-0.25, -0.2) is 0 Å². The van der Waals surface area contributed by atoms with E-state index in [-0.39, 0.29) is 0 Å². The van der Waals surface area contributed by atoms with Crippen LogP contribution in [0.3, 0.4) is 0 Å². The van der Waals surface area contributed by atoms with Crippen LogP contribution in [-0.4, -0.2) is 0 Å². The van der Waals surface area contributed by atoms with E-state index >= 15 is 0 Å². The van der Waals surface area contributed by atoms with Crippen LogP contribution in [-0.2, 0) is 0 Å². The molecule has 0 saturated heterocycles. The third kappa shape index (κ3) is 6.22. The molecular weight excluding hydrogens is 180 g/mol. The van der Waals surface area contributed by atoms with E-state index in [4.69, 9.17) is 0 Å². The van der Waals surface area contributed by atoms with E-state index in [0.717, 1.165) is 11.8 Å². The van der Waals surface area contributed by atoms with Crippen molar-refractivity contribution in [1.29, 1.82) is 0 Å². The zero-order valence-electron chi connectivity index (χ0n) is 10.9. The van der Waals surface area contributed by atoms with Crippen molar-refractivity contribution in [1.82, 2.24) is 0 Å². The summed E-state index contributed by atoms with van der Waals surface area (Å²) in [5.74, 6) is 1.93. The predicted octanol–water partition coefficient (Wildman–Crippen LogP) is 5.56. The Kier molecular flexibility index (Phi) is 7.13. The third-order valence-corrected chi connectivity index (χ3v) is 4.09. The molecule has 0 unspecified atom stereocenters. The summed E-state index contributed by atoms with van der Waals surface area (Å²) >= 11 is 0. The van der Waals surface area contributed by atoms with Crippen LogP contribution in [0.5, 0.6) is 0 Å². The van der Waals surface area contributed by atoms with Gasteiger partial charge in [-0.2, -0.15) is 0 Å². The second-order valence-corrected chi connectivity index (χ2v) is 5.76. The molecule has 0 heterocycles. The largest absolute Gasteiger partial charge is 0.0625 e. The van der Waals surface area contributed by atoms with Gasteiger partial charge >= 0.3 is 0 Å². The first-order valence-corrected chi connectivity index (χ1v) is 7.30. The first-order valence-electron chi connectivity index (χ1n) is 7.30. The molecule has 0 nitrogen and oxygen atoms in total. The smallest absolute Gasteiger partial charge is 0.0391 e. The average molecular weight is 210 g/mol. The molecule has 1 aliphatic rings. The number of hydrogen-bond donors (Lipinski definition) is 0. The molecule has 0 N–H and O–H groups in total. The lowest BCUT2D eigenvalue weighted by Crippen LogP contribution is -2.09. The fourth-order valence-corrected chi connectivity index (χ4v) is 2.86. The Balaban J connectivity index is 2.25. The van der Waals surface area contributed by atoms with E-state index in [1.807, 2.05) is 0 Å². The highest BCUT2D eigenvalue weighted by atomic mass is 14.2. The van der Waals surface area contributed by atoms with Gasteiger partial charge in [-0.1, -0.05) is 84.5 Å². The molecule has 0 bridgehead atoms. The van der Waals surface area contributed by atoms with Crippen molar-refractivity contribution < 1.29 is 0 Å². The molecule has 1 saturated carbocycles. The zero-order chi connectivity index (χ0) is 10.9. The molecule has 0 aromatic carbocycles. The summed E-state index contributed by atoms with van der Waals surface area (Å²) in [4.78, 5) is 0. The van der Waals surface area contributed by atoms with Gasteiger partial charge in [-0.05, 0) is 11.8 Å². The Labute approximate surface area is 96.8 Å². The molecule has 0 amide bonds. The number of rotatable bonds is 1. The van der Waals surface area contributed by atoms with Crippen LogP contribution >= 0.6 is 0 Å². The first kappa shape index (κ1) is 13.1. The molecule has 0 aromatic rings. The van der Waals surface area contributed by atoms with Crippen molar-refractivity contribution in [3.8, 4) is 0 Å². The quantitative estimate of drug-likeness (QED) is 0.531. The summed E-state index contributed by atoms with van der Waals surface area (Å²) in [6.07, 6.45) is 16.4. The Bertz CT molecular complexity index is 125. The van der Waals surface area contributed by atoms with Gasteiger partial charge in [0.25, 0.3) is 0 Å². The minimum Gasteiger partial charge on any atom is -0.0625 e. The summed E-state index contributed by atoms with van der Waals surface area (Å²) in [5.41, 5.74) is 0. The lowest BCUT2D eigenvalue weighted by Gasteiger charge is -2.21. The Morgan fingerprint density at radius 2 is 0.933 bits per heavy atom. The van der Waals surface area contributed by atoms with Crippen LogP contribution in [0.15, 0.2) is 0 Å². The maximum atomic E-state index is 2.41. The van der Waals surface area contributed by atoms with Gasteiger partial charge < -0.3 is 0 Å². The molecule has 1 fully saturated rings. The lowest BCUT2D eigenvalue weighted by molar-refractivity contribution is 0.310. The third-order valence-electron chi connectivity index (χ3n) is 4.09. The van der Waals surface area contributed by atoms with Crippen molar-refractivity contribution in [3.05, 3.63) is 0 Å². The van der Waals surface area contributed by atoms with Gasteiger partial charge in [-0.3, -0.25) is 0 Å². The predicted molar refractivity (Wildman–Crippen MR) is 69.1 cm³/mol. The zero-order valence-corrected chi connectivity index (χ0v) is 10.9. The molecule has 0 heteroatoms. The van der Waals surface area contributed by atoms with Gasteiger partial charge in [0.15, 0.2) is 0 Å². The van der Waals surface area contributed by atoms with Crippen LogP contribution in [0.25, 0.3) is 0 Å². The molecule has 0 atom stereocenters. The normalized spacial score (nSPS) is 23.4. The summed E-state index contributed by atoms with van der Waals surface area (Å²) < 4.78 is 0. The second kappa shape index (κ2) is 8.19. The van der Waals surface area contributed by atoms with Crippen LogP contribution in [0.2, 0.25) is 0 Å². The fraction of sp³-hybridized carbons (Fsp3) is 1.00. The van der Waals surface area contributed by atoms with Gasteiger partial charge in [0.1, 0.15) is 0 Å². The molecule has 0 radical (unpaired) electrons. The van der Waals surface area contributed by atoms with Gasteiger partial charge in [-0.15, -0.1) is 0 Å². The van der Waals surface area contributed by atoms with E-state index in [1.165, 1.54) is 70.6 Å². The molecule has 0 spiro atoms. The highest BCUT2D eigenvalue weighted by Gasteiger charge is 2.12. The van der Waals surface area contributed by atoms with Gasteiger partial charge in [0.2, 0.25) is 0 Å². The highest BCUT2D eigenvalue weighted by Crippen LogP contribution is 2.26. The van der Waals surface area contributed by atoms with Crippen LogP contribution in [0, 0.1) is 11.8 Å². The first-order chi connectivity index (χ1) is 7.30. The minimum atomic E-state index is 0.910. The van der Waals surface area contributed by atoms with Gasteiger partial charge in [0.05, 0.1) is 0 Å². The summed E-state index contributed by atoms with van der Waals surface area (Å²) in [7, 11) is 0. The van der Waals surface area contributed by atoms with E-state index in [0.29, 0.717) is 0 Å². The highest BCUT2D eigenvalue weighted by molar-refractivity contribution is 4.64. The lowest BCUT2D eigenvalue weighted by atomic mass is 9.85. The van der Waals surface area contributed by atoms with Crippen molar-refractivity contribution in [3.63, 3.8) is 0 Å². The van der Waals surface area contributed by atoms with Crippen LogP contribution in [0.1, 0.15) is 84.5 Å². The van der Waals surface area contributed by atoms with E-state index in [2.05, 4.69) is 13.8 Å². The van der Waals surface area contributed by atoms with Gasteiger partial charge in [0, 0.05) is 0 Å². The SMILES string of the molecule is CC(C)C1CCCCCCCCCCC1. The van der Waals surface area contributed by atoms with E-state index in [1.54, 1.807) is 0 Å². The Morgan fingerprint density at radius 3 is 1.27 bits per heavy atom. The summed E-state index contributed by atoms with van der Waals surface area (Å²) in [6.45, 7) is 4.83. The maximum Gasteiger partial charge on any atom is -0.0391 e. The molecule has 1 rings (SSSR count).